The number of pyridine rings is 1. The smallest absolute Gasteiger partial charge is 0.237 e. The maximum absolute atomic E-state index is 5.37. The summed E-state index contributed by atoms with van der Waals surface area (Å²) in [5, 5.41) is 5.00. The van der Waals surface area contributed by atoms with Gasteiger partial charge in [-0.3, -0.25) is 0 Å². The highest BCUT2D eigenvalue weighted by atomic mass is 32.2. The lowest BCUT2D eigenvalue weighted by Crippen LogP contribution is -1.92. The van der Waals surface area contributed by atoms with Crippen molar-refractivity contribution in [1.82, 2.24) is 15.1 Å². The van der Waals surface area contributed by atoms with Gasteiger partial charge in [0.05, 0.1) is 10.8 Å². The van der Waals surface area contributed by atoms with Crippen molar-refractivity contribution in [1.29, 1.82) is 0 Å². The average Bonchev–Trinajstić information content (AvgIpc) is 3.20. The second-order valence-corrected chi connectivity index (χ2v) is 6.49. The van der Waals surface area contributed by atoms with Crippen LogP contribution < -0.4 is 9.47 Å². The van der Waals surface area contributed by atoms with Crippen molar-refractivity contribution in [3.63, 3.8) is 0 Å². The van der Waals surface area contributed by atoms with Crippen LogP contribution in [0.5, 0.6) is 11.5 Å². The molecule has 1 aliphatic heterocycles. The lowest BCUT2D eigenvalue weighted by atomic mass is 10.2. The summed E-state index contributed by atoms with van der Waals surface area (Å²) in [6.45, 7) is 4.29. The van der Waals surface area contributed by atoms with Crippen LogP contribution in [-0.4, -0.2) is 21.9 Å². The van der Waals surface area contributed by atoms with Crippen LogP contribution in [0, 0.1) is 13.8 Å². The fourth-order valence-electron chi connectivity index (χ4n) is 2.48. The Morgan fingerprint density at radius 1 is 1.04 bits per heavy atom. The average molecular weight is 341 g/mol. The van der Waals surface area contributed by atoms with Gasteiger partial charge in [0.2, 0.25) is 18.5 Å². The molecule has 7 heteroatoms. The molecule has 1 aliphatic rings. The van der Waals surface area contributed by atoms with E-state index in [9.17, 15) is 0 Å². The lowest BCUT2D eigenvalue weighted by Gasteiger charge is -2.01. The van der Waals surface area contributed by atoms with Crippen LogP contribution >= 0.6 is 11.8 Å². The summed E-state index contributed by atoms with van der Waals surface area (Å²) >= 11 is 1.58. The number of aryl methyl sites for hydroxylation is 2. The summed E-state index contributed by atoms with van der Waals surface area (Å²) in [4.78, 5) is 8.94. The zero-order valence-corrected chi connectivity index (χ0v) is 14.1. The molecule has 2 aromatic heterocycles. The molecule has 122 valence electrons. The number of hydrogen-bond acceptors (Lipinski definition) is 7. The third-order valence-electron chi connectivity index (χ3n) is 3.52. The molecule has 6 nitrogen and oxygen atoms in total. The van der Waals surface area contributed by atoms with Crippen molar-refractivity contribution in [2.75, 3.05) is 6.79 Å². The maximum Gasteiger partial charge on any atom is 0.237 e. The highest BCUT2D eigenvalue weighted by Crippen LogP contribution is 2.35. The second kappa shape index (κ2) is 6.16. The minimum Gasteiger partial charge on any atom is -0.454 e. The Hall–Kier alpha value is -2.54. The van der Waals surface area contributed by atoms with E-state index >= 15 is 0 Å². The van der Waals surface area contributed by atoms with Crippen LogP contribution in [0.3, 0.4) is 0 Å². The largest absolute Gasteiger partial charge is 0.454 e. The minimum atomic E-state index is 0.246. The molecule has 24 heavy (non-hydrogen) atoms. The molecule has 3 heterocycles. The first-order valence-electron chi connectivity index (χ1n) is 7.48. The van der Waals surface area contributed by atoms with Crippen molar-refractivity contribution >= 4 is 11.8 Å². The molecule has 0 fully saturated rings. The van der Waals surface area contributed by atoms with E-state index < -0.39 is 0 Å². The summed E-state index contributed by atoms with van der Waals surface area (Å²) < 4.78 is 16.0. The van der Waals surface area contributed by atoms with E-state index in [1.165, 1.54) is 5.56 Å². The van der Waals surface area contributed by atoms with Crippen molar-refractivity contribution in [3.8, 4) is 22.9 Å². The normalized spacial score (nSPS) is 12.6. The van der Waals surface area contributed by atoms with Gasteiger partial charge in [0.1, 0.15) is 0 Å². The summed E-state index contributed by atoms with van der Waals surface area (Å²) in [7, 11) is 0. The van der Waals surface area contributed by atoms with Crippen molar-refractivity contribution in [2.45, 2.75) is 24.6 Å². The van der Waals surface area contributed by atoms with Gasteiger partial charge in [0.15, 0.2) is 11.5 Å². The number of hydrogen-bond donors (Lipinski definition) is 0. The molecular formula is C17H15N3O3S. The molecule has 0 saturated carbocycles. The second-order valence-electron chi connectivity index (χ2n) is 5.49. The third-order valence-corrected chi connectivity index (χ3v) is 4.41. The first-order valence-corrected chi connectivity index (χ1v) is 8.47. The lowest BCUT2D eigenvalue weighted by molar-refractivity contribution is 0.174. The van der Waals surface area contributed by atoms with E-state index in [2.05, 4.69) is 28.1 Å². The van der Waals surface area contributed by atoms with Crippen LogP contribution in [0.25, 0.3) is 11.4 Å². The molecule has 1 aromatic carbocycles. The number of nitrogens with zero attached hydrogens (tertiary/aromatic N) is 3. The Kier molecular flexibility index (Phi) is 3.86. The predicted octanol–water partition coefficient (Wildman–Crippen LogP) is 3.77. The zero-order valence-electron chi connectivity index (χ0n) is 13.3. The SMILES string of the molecule is Cc1cc(C)nc(SCc2nc(-c3ccc4c(c3)OCO4)no2)c1. The molecule has 0 N–H and O–H groups in total. The van der Waals surface area contributed by atoms with Crippen LogP contribution in [0.4, 0.5) is 0 Å². The predicted molar refractivity (Wildman–Crippen MR) is 89.1 cm³/mol. The topological polar surface area (TPSA) is 70.3 Å². The zero-order chi connectivity index (χ0) is 16.5. The highest BCUT2D eigenvalue weighted by molar-refractivity contribution is 7.98. The van der Waals surface area contributed by atoms with Crippen molar-refractivity contribution in [3.05, 3.63) is 47.5 Å². The molecule has 0 aliphatic carbocycles. The number of benzene rings is 1. The molecule has 0 radical (unpaired) electrons. The van der Waals surface area contributed by atoms with Gasteiger partial charge in [-0.2, -0.15) is 4.98 Å². The first kappa shape index (κ1) is 15.0. The Bertz CT molecular complexity index is 874. The Morgan fingerprint density at radius 3 is 2.79 bits per heavy atom. The van der Waals surface area contributed by atoms with E-state index in [0.29, 0.717) is 23.2 Å². The molecule has 0 saturated heterocycles. The number of rotatable bonds is 4. The quantitative estimate of drug-likeness (QED) is 0.669. The minimum absolute atomic E-state index is 0.246. The summed E-state index contributed by atoms with van der Waals surface area (Å²) in [6, 6.07) is 9.69. The van der Waals surface area contributed by atoms with Crippen molar-refractivity contribution in [2.24, 2.45) is 0 Å². The summed E-state index contributed by atoms with van der Waals surface area (Å²) in [6.07, 6.45) is 0. The van der Waals surface area contributed by atoms with E-state index in [-0.39, 0.29) is 6.79 Å². The number of fused-ring (bicyclic) bond motifs is 1. The molecule has 0 unspecified atom stereocenters. The van der Waals surface area contributed by atoms with Crippen LogP contribution in [0.15, 0.2) is 39.9 Å². The number of aromatic nitrogens is 3. The molecule has 0 bridgehead atoms. The van der Waals surface area contributed by atoms with Crippen molar-refractivity contribution < 1.29 is 14.0 Å². The molecular weight excluding hydrogens is 326 g/mol. The fourth-order valence-corrected chi connectivity index (χ4v) is 3.35. The van der Waals surface area contributed by atoms with Gasteiger partial charge in [-0.25, -0.2) is 4.98 Å². The first-order chi connectivity index (χ1) is 11.7. The van der Waals surface area contributed by atoms with Crippen LogP contribution in [0.2, 0.25) is 0 Å². The van der Waals surface area contributed by atoms with E-state index in [0.717, 1.165) is 22.0 Å². The Balaban J connectivity index is 1.48. The summed E-state index contributed by atoms with van der Waals surface area (Å²) in [5.41, 5.74) is 3.03. The number of ether oxygens (including phenoxy) is 2. The molecule has 0 amide bonds. The molecule has 0 atom stereocenters. The Morgan fingerprint density at radius 2 is 1.92 bits per heavy atom. The van der Waals surface area contributed by atoms with Crippen LogP contribution in [0.1, 0.15) is 17.1 Å². The highest BCUT2D eigenvalue weighted by Gasteiger charge is 2.16. The van der Waals surface area contributed by atoms with Gasteiger partial charge in [0.25, 0.3) is 0 Å². The maximum atomic E-state index is 5.37. The van der Waals surface area contributed by atoms with Gasteiger partial charge in [-0.05, 0) is 49.7 Å². The van der Waals surface area contributed by atoms with Gasteiger partial charge in [-0.15, -0.1) is 0 Å². The Labute approximate surface area is 143 Å². The fraction of sp³-hybridized carbons (Fsp3) is 0.235. The molecule has 0 spiro atoms. The standard InChI is InChI=1S/C17H15N3O3S/c1-10-5-11(2)18-16(6-10)24-8-15-19-17(20-23-15)12-3-4-13-14(7-12)22-9-21-13/h3-7H,8-9H2,1-2H3. The third kappa shape index (κ3) is 3.07. The van der Waals surface area contributed by atoms with Gasteiger partial charge in [0, 0.05) is 11.3 Å². The van der Waals surface area contributed by atoms with Gasteiger partial charge in [-0.1, -0.05) is 16.9 Å². The van der Waals surface area contributed by atoms with E-state index in [1.807, 2.05) is 31.2 Å². The summed E-state index contributed by atoms with van der Waals surface area (Å²) in [5.74, 6) is 3.12. The van der Waals surface area contributed by atoms with Gasteiger partial charge >= 0.3 is 0 Å². The monoisotopic (exact) mass is 341 g/mol. The molecule has 4 rings (SSSR count). The van der Waals surface area contributed by atoms with E-state index in [1.54, 1.807) is 11.8 Å². The number of thioether (sulfide) groups is 1. The van der Waals surface area contributed by atoms with Gasteiger partial charge < -0.3 is 14.0 Å². The molecule has 3 aromatic rings. The van der Waals surface area contributed by atoms with Crippen LogP contribution in [-0.2, 0) is 5.75 Å². The van der Waals surface area contributed by atoms with E-state index in [4.69, 9.17) is 14.0 Å².